The van der Waals surface area contributed by atoms with Crippen molar-refractivity contribution in [1.82, 2.24) is 5.32 Å². The molecule has 1 saturated carbocycles. The molecule has 0 bridgehead atoms. The molecule has 2 nitrogen and oxygen atoms in total. The van der Waals surface area contributed by atoms with E-state index in [2.05, 4.69) is 18.8 Å². The lowest BCUT2D eigenvalue weighted by atomic mass is 9.75. The second kappa shape index (κ2) is 9.55. The SMILES string of the molecule is C=CCCCCCC(CC1(OC)CCC1)NCCC. The Morgan fingerprint density at radius 2 is 2.11 bits per heavy atom. The van der Waals surface area contributed by atoms with Gasteiger partial charge in [-0.15, -0.1) is 6.58 Å². The molecule has 0 aromatic carbocycles. The Morgan fingerprint density at radius 1 is 1.32 bits per heavy atom. The van der Waals surface area contributed by atoms with E-state index in [0.29, 0.717) is 6.04 Å². The van der Waals surface area contributed by atoms with Gasteiger partial charge in [0.15, 0.2) is 0 Å². The molecule has 1 atom stereocenters. The number of hydrogen-bond acceptors (Lipinski definition) is 2. The minimum atomic E-state index is 0.201. The summed E-state index contributed by atoms with van der Waals surface area (Å²) < 4.78 is 5.78. The monoisotopic (exact) mass is 267 g/mol. The molecule has 1 aliphatic rings. The molecule has 2 heteroatoms. The molecule has 0 spiro atoms. The molecule has 0 aromatic heterocycles. The summed E-state index contributed by atoms with van der Waals surface area (Å²) in [5.74, 6) is 0. The first-order chi connectivity index (χ1) is 9.26. The van der Waals surface area contributed by atoms with E-state index in [-0.39, 0.29) is 5.60 Å². The number of unbranched alkanes of at least 4 members (excludes halogenated alkanes) is 3. The number of ether oxygens (including phenoxy) is 1. The Kier molecular flexibility index (Phi) is 8.40. The van der Waals surface area contributed by atoms with Crippen LogP contribution in [0.25, 0.3) is 0 Å². The van der Waals surface area contributed by atoms with Crippen LogP contribution in [0.1, 0.15) is 71.1 Å². The number of nitrogens with one attached hydrogen (secondary N) is 1. The Bertz CT molecular complexity index is 230. The zero-order valence-corrected chi connectivity index (χ0v) is 13.0. The van der Waals surface area contributed by atoms with Crippen LogP contribution in [0.15, 0.2) is 12.7 Å². The van der Waals surface area contributed by atoms with E-state index in [4.69, 9.17) is 4.74 Å². The fourth-order valence-corrected chi connectivity index (χ4v) is 2.99. The molecule has 0 aromatic rings. The van der Waals surface area contributed by atoms with Gasteiger partial charge in [-0.2, -0.15) is 0 Å². The molecule has 0 aliphatic heterocycles. The predicted octanol–water partition coefficient (Wildman–Crippen LogP) is 4.45. The smallest absolute Gasteiger partial charge is 0.0693 e. The van der Waals surface area contributed by atoms with Crippen LogP contribution in [0.2, 0.25) is 0 Å². The standard InChI is InChI=1S/C17H33NO/c1-4-6-7-8-9-11-16(18-14-5-2)15-17(19-3)12-10-13-17/h4,16,18H,1,5-15H2,2-3H3. The van der Waals surface area contributed by atoms with Gasteiger partial charge in [-0.3, -0.25) is 0 Å². The molecule has 0 radical (unpaired) electrons. The molecule has 1 rings (SSSR count). The summed E-state index contributed by atoms with van der Waals surface area (Å²) in [6, 6.07) is 0.643. The van der Waals surface area contributed by atoms with Gasteiger partial charge in [-0.05, 0) is 57.9 Å². The average Bonchev–Trinajstić information content (AvgIpc) is 2.39. The Labute approximate surface area is 120 Å². The van der Waals surface area contributed by atoms with E-state index in [1.165, 1.54) is 57.8 Å². The second-order valence-corrected chi connectivity index (χ2v) is 6.02. The molecule has 0 saturated heterocycles. The van der Waals surface area contributed by atoms with Gasteiger partial charge < -0.3 is 10.1 Å². The number of hydrogen-bond donors (Lipinski definition) is 1. The highest BCUT2D eigenvalue weighted by Crippen LogP contribution is 2.39. The minimum Gasteiger partial charge on any atom is -0.378 e. The lowest BCUT2D eigenvalue weighted by molar-refractivity contribution is -0.0839. The molecule has 1 unspecified atom stereocenters. The van der Waals surface area contributed by atoms with Gasteiger partial charge in [0.2, 0.25) is 0 Å². The average molecular weight is 267 g/mol. The summed E-state index contributed by atoms with van der Waals surface area (Å²) in [5.41, 5.74) is 0.201. The maximum atomic E-state index is 5.78. The molecular weight excluding hydrogens is 234 g/mol. The first-order valence-electron chi connectivity index (χ1n) is 8.16. The molecular formula is C17H33NO. The van der Waals surface area contributed by atoms with Crippen LogP contribution >= 0.6 is 0 Å². The van der Waals surface area contributed by atoms with Crippen LogP contribution in [0.4, 0.5) is 0 Å². The van der Waals surface area contributed by atoms with Gasteiger partial charge in [-0.1, -0.05) is 25.8 Å². The van der Waals surface area contributed by atoms with E-state index in [9.17, 15) is 0 Å². The van der Waals surface area contributed by atoms with Crippen molar-refractivity contribution in [3.05, 3.63) is 12.7 Å². The molecule has 1 N–H and O–H groups in total. The maximum Gasteiger partial charge on any atom is 0.0693 e. The third kappa shape index (κ3) is 6.09. The molecule has 112 valence electrons. The minimum absolute atomic E-state index is 0.201. The van der Waals surface area contributed by atoms with Crippen molar-refractivity contribution >= 4 is 0 Å². The van der Waals surface area contributed by atoms with Crippen LogP contribution in [-0.4, -0.2) is 25.3 Å². The fraction of sp³-hybridized carbons (Fsp3) is 0.882. The Morgan fingerprint density at radius 3 is 2.63 bits per heavy atom. The first-order valence-corrected chi connectivity index (χ1v) is 8.16. The molecule has 1 aliphatic carbocycles. The summed E-state index contributed by atoms with van der Waals surface area (Å²) in [6.45, 7) is 7.16. The topological polar surface area (TPSA) is 21.3 Å². The van der Waals surface area contributed by atoms with Crippen molar-refractivity contribution < 1.29 is 4.74 Å². The van der Waals surface area contributed by atoms with Gasteiger partial charge in [0.05, 0.1) is 5.60 Å². The molecule has 19 heavy (non-hydrogen) atoms. The van der Waals surface area contributed by atoms with Gasteiger partial charge in [0, 0.05) is 13.2 Å². The molecule has 0 heterocycles. The number of rotatable bonds is 12. The van der Waals surface area contributed by atoms with Gasteiger partial charge in [0.25, 0.3) is 0 Å². The summed E-state index contributed by atoms with van der Waals surface area (Å²) in [4.78, 5) is 0. The van der Waals surface area contributed by atoms with E-state index in [0.717, 1.165) is 13.0 Å². The highest BCUT2D eigenvalue weighted by Gasteiger charge is 2.38. The number of methoxy groups -OCH3 is 1. The Hall–Kier alpha value is -0.340. The fourth-order valence-electron chi connectivity index (χ4n) is 2.99. The van der Waals surface area contributed by atoms with Crippen LogP contribution in [0, 0.1) is 0 Å². The van der Waals surface area contributed by atoms with Gasteiger partial charge in [0.1, 0.15) is 0 Å². The van der Waals surface area contributed by atoms with Crippen molar-refractivity contribution in [2.24, 2.45) is 0 Å². The molecule has 0 amide bonds. The van der Waals surface area contributed by atoms with Crippen molar-refractivity contribution in [2.45, 2.75) is 82.8 Å². The lowest BCUT2D eigenvalue weighted by Gasteiger charge is -2.43. The third-order valence-corrected chi connectivity index (χ3v) is 4.46. The highest BCUT2D eigenvalue weighted by molar-refractivity contribution is 4.93. The summed E-state index contributed by atoms with van der Waals surface area (Å²) in [5, 5.41) is 3.72. The maximum absolute atomic E-state index is 5.78. The zero-order valence-electron chi connectivity index (χ0n) is 13.0. The summed E-state index contributed by atoms with van der Waals surface area (Å²) in [7, 11) is 1.89. The van der Waals surface area contributed by atoms with E-state index >= 15 is 0 Å². The van der Waals surface area contributed by atoms with Crippen LogP contribution in [0.5, 0.6) is 0 Å². The zero-order chi connectivity index (χ0) is 14.0. The quantitative estimate of drug-likeness (QED) is 0.416. The van der Waals surface area contributed by atoms with Crippen LogP contribution < -0.4 is 5.32 Å². The van der Waals surface area contributed by atoms with Crippen molar-refractivity contribution in [3.63, 3.8) is 0 Å². The predicted molar refractivity (Wildman–Crippen MR) is 83.6 cm³/mol. The van der Waals surface area contributed by atoms with Crippen molar-refractivity contribution in [2.75, 3.05) is 13.7 Å². The van der Waals surface area contributed by atoms with Crippen LogP contribution in [-0.2, 0) is 4.74 Å². The molecule has 1 fully saturated rings. The summed E-state index contributed by atoms with van der Waals surface area (Å²) >= 11 is 0. The number of allylic oxidation sites excluding steroid dienone is 1. The lowest BCUT2D eigenvalue weighted by Crippen LogP contribution is -2.46. The first kappa shape index (κ1) is 16.7. The van der Waals surface area contributed by atoms with E-state index in [1.807, 2.05) is 13.2 Å². The van der Waals surface area contributed by atoms with Crippen molar-refractivity contribution in [3.8, 4) is 0 Å². The van der Waals surface area contributed by atoms with Crippen LogP contribution in [0.3, 0.4) is 0 Å². The Balaban J connectivity index is 2.27. The second-order valence-electron chi connectivity index (χ2n) is 6.02. The van der Waals surface area contributed by atoms with Gasteiger partial charge in [-0.25, -0.2) is 0 Å². The van der Waals surface area contributed by atoms with E-state index in [1.54, 1.807) is 0 Å². The van der Waals surface area contributed by atoms with Crippen molar-refractivity contribution in [1.29, 1.82) is 0 Å². The highest BCUT2D eigenvalue weighted by atomic mass is 16.5. The van der Waals surface area contributed by atoms with E-state index < -0.39 is 0 Å². The third-order valence-electron chi connectivity index (χ3n) is 4.46. The summed E-state index contributed by atoms with van der Waals surface area (Å²) in [6.07, 6.45) is 14.7. The largest absolute Gasteiger partial charge is 0.378 e. The van der Waals surface area contributed by atoms with Gasteiger partial charge >= 0.3 is 0 Å². The normalized spacial score (nSPS) is 18.8.